The summed E-state index contributed by atoms with van der Waals surface area (Å²) in [6.45, 7) is -0.101. The molecular weight excluding hydrogens is 331 g/mol. The fourth-order valence-electron chi connectivity index (χ4n) is 1.25. The standard InChI is InChI=1S/C10H10BrFO5S/c1-17-2-3-18(15,16)8-5-6(11)4-7(9(8)12)10(13)14/h4-5H,2-3H2,1H3,(H,13,14). The Labute approximate surface area is 112 Å². The van der Waals surface area contributed by atoms with Crippen molar-refractivity contribution in [3.8, 4) is 0 Å². The number of hydrogen-bond donors (Lipinski definition) is 1. The zero-order valence-electron chi connectivity index (χ0n) is 9.31. The first-order valence-electron chi connectivity index (χ1n) is 4.73. The van der Waals surface area contributed by atoms with Gasteiger partial charge < -0.3 is 9.84 Å². The average molecular weight is 341 g/mol. The number of carboxylic acid groups (broad SMARTS) is 1. The highest BCUT2D eigenvalue weighted by atomic mass is 79.9. The Morgan fingerprint density at radius 3 is 2.61 bits per heavy atom. The fourth-order valence-corrected chi connectivity index (χ4v) is 3.15. The number of hydrogen-bond acceptors (Lipinski definition) is 4. The zero-order valence-corrected chi connectivity index (χ0v) is 11.7. The van der Waals surface area contributed by atoms with Crippen LogP contribution in [0.4, 0.5) is 4.39 Å². The molecule has 0 unspecified atom stereocenters. The summed E-state index contributed by atoms with van der Waals surface area (Å²) >= 11 is 2.95. The van der Waals surface area contributed by atoms with Crippen molar-refractivity contribution >= 4 is 31.7 Å². The van der Waals surface area contributed by atoms with Crippen molar-refractivity contribution < 1.29 is 27.4 Å². The lowest BCUT2D eigenvalue weighted by Crippen LogP contribution is -2.15. The summed E-state index contributed by atoms with van der Waals surface area (Å²) in [6.07, 6.45) is 0. The van der Waals surface area contributed by atoms with Crippen molar-refractivity contribution in [2.75, 3.05) is 19.5 Å². The maximum atomic E-state index is 13.8. The number of benzene rings is 1. The van der Waals surface area contributed by atoms with E-state index in [9.17, 15) is 17.6 Å². The van der Waals surface area contributed by atoms with Gasteiger partial charge in [-0.2, -0.15) is 0 Å². The molecule has 1 N–H and O–H groups in total. The molecule has 0 aliphatic carbocycles. The third-order valence-electron chi connectivity index (χ3n) is 2.13. The number of ether oxygens (including phenoxy) is 1. The number of carboxylic acids is 1. The zero-order chi connectivity index (χ0) is 13.9. The van der Waals surface area contributed by atoms with Gasteiger partial charge in [0.05, 0.1) is 17.9 Å². The minimum Gasteiger partial charge on any atom is -0.478 e. The molecule has 0 atom stereocenters. The van der Waals surface area contributed by atoms with Crippen LogP contribution in [0.25, 0.3) is 0 Å². The van der Waals surface area contributed by atoms with E-state index in [0.29, 0.717) is 0 Å². The van der Waals surface area contributed by atoms with Gasteiger partial charge in [-0.25, -0.2) is 17.6 Å². The molecule has 0 spiro atoms. The second kappa shape index (κ2) is 5.77. The van der Waals surface area contributed by atoms with E-state index in [1.807, 2.05) is 0 Å². The van der Waals surface area contributed by atoms with E-state index in [1.165, 1.54) is 7.11 Å². The van der Waals surface area contributed by atoms with Crippen LogP contribution in [0.2, 0.25) is 0 Å². The van der Waals surface area contributed by atoms with Crippen molar-refractivity contribution in [2.45, 2.75) is 4.90 Å². The molecule has 1 aromatic carbocycles. The van der Waals surface area contributed by atoms with E-state index < -0.39 is 37.8 Å². The van der Waals surface area contributed by atoms with Gasteiger partial charge in [0.2, 0.25) is 0 Å². The van der Waals surface area contributed by atoms with E-state index in [1.54, 1.807) is 0 Å². The SMILES string of the molecule is COCCS(=O)(=O)c1cc(Br)cc(C(=O)O)c1F. The van der Waals surface area contributed by atoms with Gasteiger partial charge in [-0.3, -0.25) is 0 Å². The summed E-state index contributed by atoms with van der Waals surface area (Å²) in [5.74, 6) is -3.21. The Hall–Kier alpha value is -0.990. The molecule has 1 aromatic rings. The number of carbonyl (C=O) groups is 1. The lowest BCUT2D eigenvalue weighted by Gasteiger charge is -2.08. The molecule has 0 heterocycles. The van der Waals surface area contributed by atoms with Crippen molar-refractivity contribution in [2.24, 2.45) is 0 Å². The average Bonchev–Trinajstić information content (AvgIpc) is 2.28. The number of rotatable bonds is 5. The highest BCUT2D eigenvalue weighted by molar-refractivity contribution is 9.10. The number of aromatic carboxylic acids is 1. The van der Waals surface area contributed by atoms with Crippen molar-refractivity contribution in [3.63, 3.8) is 0 Å². The van der Waals surface area contributed by atoms with Crippen molar-refractivity contribution in [3.05, 3.63) is 28.0 Å². The number of sulfone groups is 1. The lowest BCUT2D eigenvalue weighted by atomic mass is 10.2. The molecule has 100 valence electrons. The van der Waals surface area contributed by atoms with Gasteiger partial charge in [-0.05, 0) is 12.1 Å². The predicted octanol–water partition coefficient (Wildman–Crippen LogP) is 1.71. The van der Waals surface area contributed by atoms with Crippen LogP contribution in [-0.4, -0.2) is 39.0 Å². The van der Waals surface area contributed by atoms with E-state index in [0.717, 1.165) is 12.1 Å². The smallest absolute Gasteiger partial charge is 0.338 e. The third kappa shape index (κ3) is 3.27. The van der Waals surface area contributed by atoms with Gasteiger partial charge in [-0.1, -0.05) is 15.9 Å². The van der Waals surface area contributed by atoms with Crippen LogP contribution in [0.1, 0.15) is 10.4 Å². The van der Waals surface area contributed by atoms with E-state index in [2.05, 4.69) is 20.7 Å². The van der Waals surface area contributed by atoms with Crippen LogP contribution < -0.4 is 0 Å². The molecule has 0 saturated carbocycles. The van der Waals surface area contributed by atoms with E-state index in [4.69, 9.17) is 5.11 Å². The summed E-state index contributed by atoms with van der Waals surface area (Å²) in [4.78, 5) is 10.1. The van der Waals surface area contributed by atoms with Gasteiger partial charge in [0.15, 0.2) is 15.7 Å². The lowest BCUT2D eigenvalue weighted by molar-refractivity contribution is 0.0691. The predicted molar refractivity (Wildman–Crippen MR) is 65.0 cm³/mol. The minimum absolute atomic E-state index is 0.101. The van der Waals surface area contributed by atoms with Crippen LogP contribution in [-0.2, 0) is 14.6 Å². The molecule has 8 heteroatoms. The van der Waals surface area contributed by atoms with Gasteiger partial charge in [0, 0.05) is 11.6 Å². The van der Waals surface area contributed by atoms with E-state index >= 15 is 0 Å². The third-order valence-corrected chi connectivity index (χ3v) is 4.25. The summed E-state index contributed by atoms with van der Waals surface area (Å²) in [6, 6.07) is 2.04. The second-order valence-corrected chi connectivity index (χ2v) is 6.38. The molecule has 18 heavy (non-hydrogen) atoms. The fraction of sp³-hybridized carbons (Fsp3) is 0.300. The van der Waals surface area contributed by atoms with Gasteiger partial charge >= 0.3 is 5.97 Å². The summed E-state index contributed by atoms with van der Waals surface area (Å²) < 4.78 is 42.2. The highest BCUT2D eigenvalue weighted by Gasteiger charge is 2.24. The second-order valence-electron chi connectivity index (χ2n) is 3.38. The molecule has 0 aliphatic rings. The Balaban J connectivity index is 3.37. The Bertz CT molecular complexity index is 570. The Morgan fingerprint density at radius 1 is 1.50 bits per heavy atom. The molecule has 0 bridgehead atoms. The molecule has 0 fully saturated rings. The Morgan fingerprint density at radius 2 is 2.11 bits per heavy atom. The summed E-state index contributed by atoms with van der Waals surface area (Å²) in [7, 11) is -2.61. The highest BCUT2D eigenvalue weighted by Crippen LogP contribution is 2.25. The minimum atomic E-state index is -3.92. The summed E-state index contributed by atoms with van der Waals surface area (Å²) in [5.41, 5.74) is -0.694. The maximum absolute atomic E-state index is 13.8. The first-order chi connectivity index (χ1) is 8.29. The monoisotopic (exact) mass is 340 g/mol. The van der Waals surface area contributed by atoms with Gasteiger partial charge in [-0.15, -0.1) is 0 Å². The molecule has 1 rings (SSSR count). The largest absolute Gasteiger partial charge is 0.478 e. The first kappa shape index (κ1) is 15.1. The normalized spacial score (nSPS) is 11.5. The van der Waals surface area contributed by atoms with Gasteiger partial charge in [0.1, 0.15) is 4.90 Å². The number of halogens is 2. The molecule has 0 aliphatic heterocycles. The molecule has 5 nitrogen and oxygen atoms in total. The van der Waals surface area contributed by atoms with Gasteiger partial charge in [0.25, 0.3) is 0 Å². The summed E-state index contributed by atoms with van der Waals surface area (Å²) in [5, 5.41) is 8.78. The molecular formula is C10H10BrFO5S. The van der Waals surface area contributed by atoms with Crippen LogP contribution >= 0.6 is 15.9 Å². The Kier molecular flexibility index (Phi) is 4.83. The molecule has 0 aromatic heterocycles. The molecule has 0 amide bonds. The van der Waals surface area contributed by atoms with E-state index in [-0.39, 0.29) is 11.1 Å². The molecule has 0 saturated heterocycles. The maximum Gasteiger partial charge on any atom is 0.338 e. The quantitative estimate of drug-likeness (QED) is 0.882. The van der Waals surface area contributed by atoms with Crippen LogP contribution in [0.3, 0.4) is 0 Å². The van der Waals surface area contributed by atoms with Crippen LogP contribution in [0.5, 0.6) is 0 Å². The number of methoxy groups -OCH3 is 1. The van der Waals surface area contributed by atoms with Crippen LogP contribution in [0.15, 0.2) is 21.5 Å². The van der Waals surface area contributed by atoms with Crippen LogP contribution in [0, 0.1) is 5.82 Å². The molecule has 0 radical (unpaired) electrons. The van der Waals surface area contributed by atoms with Crippen molar-refractivity contribution in [1.82, 2.24) is 0 Å². The first-order valence-corrected chi connectivity index (χ1v) is 7.18. The van der Waals surface area contributed by atoms with Crippen molar-refractivity contribution in [1.29, 1.82) is 0 Å². The topological polar surface area (TPSA) is 80.7 Å².